The minimum atomic E-state index is -0.282. The molecule has 8 heteroatoms. The fraction of sp³-hybridized carbons (Fsp3) is 0.192. The Balaban J connectivity index is 1.13. The van der Waals surface area contributed by atoms with Gasteiger partial charge < -0.3 is 14.6 Å². The highest BCUT2D eigenvalue weighted by atomic mass is 19.1. The van der Waals surface area contributed by atoms with Crippen LogP contribution in [0.25, 0.3) is 22.6 Å². The molecule has 170 valence electrons. The number of hydrogen-bond acceptors (Lipinski definition) is 6. The number of aliphatic imine (C=N–C) groups is 1. The van der Waals surface area contributed by atoms with E-state index in [9.17, 15) is 9.18 Å². The van der Waals surface area contributed by atoms with Crippen molar-refractivity contribution < 1.29 is 13.6 Å². The van der Waals surface area contributed by atoms with E-state index in [0.29, 0.717) is 43.2 Å². The second-order valence-corrected chi connectivity index (χ2v) is 8.42. The fourth-order valence-electron chi connectivity index (χ4n) is 4.39. The number of oxazole rings is 1. The molecule has 1 unspecified atom stereocenters. The number of fused-ring (bicyclic) bond motifs is 2. The van der Waals surface area contributed by atoms with Gasteiger partial charge in [0.15, 0.2) is 11.9 Å². The summed E-state index contributed by atoms with van der Waals surface area (Å²) in [5, 5.41) is 3.28. The summed E-state index contributed by atoms with van der Waals surface area (Å²) in [6, 6.07) is 19.7. The van der Waals surface area contributed by atoms with Crippen molar-refractivity contribution in [1.82, 2.24) is 14.8 Å². The van der Waals surface area contributed by atoms with E-state index in [0.717, 1.165) is 22.3 Å². The van der Waals surface area contributed by atoms with Gasteiger partial charge in [-0.25, -0.2) is 9.37 Å². The Bertz CT molecular complexity index is 1390. The molecule has 0 aliphatic carbocycles. The van der Waals surface area contributed by atoms with Crippen LogP contribution in [0.1, 0.15) is 15.9 Å². The molecule has 0 saturated carbocycles. The van der Waals surface area contributed by atoms with Gasteiger partial charge in [0.05, 0.1) is 0 Å². The Morgan fingerprint density at radius 1 is 1.00 bits per heavy atom. The standard InChI is InChI=1S/C26H22FN5O2/c27-20-8-6-19-16-28-26(30-22(19)15-20)32-12-10-31(11-13-32)25(33)18-7-9-21-23(14-18)34-24(29-21)17-4-2-1-3-5-17/h1-9,14-16,26,30H,10-13H2. The Morgan fingerprint density at radius 2 is 1.82 bits per heavy atom. The summed E-state index contributed by atoms with van der Waals surface area (Å²) in [5.74, 6) is 0.220. The van der Waals surface area contributed by atoms with Crippen LogP contribution in [0.15, 0.2) is 76.1 Å². The third-order valence-electron chi connectivity index (χ3n) is 6.26. The third-order valence-corrected chi connectivity index (χ3v) is 6.26. The molecule has 1 N–H and O–H groups in total. The molecule has 6 rings (SSSR count). The highest BCUT2D eigenvalue weighted by Crippen LogP contribution is 2.26. The molecular formula is C26H22FN5O2. The Morgan fingerprint density at radius 3 is 2.65 bits per heavy atom. The van der Waals surface area contributed by atoms with Crippen molar-refractivity contribution in [2.24, 2.45) is 4.99 Å². The van der Waals surface area contributed by atoms with Crippen LogP contribution in [-0.2, 0) is 0 Å². The maximum Gasteiger partial charge on any atom is 0.254 e. The van der Waals surface area contributed by atoms with Crippen molar-refractivity contribution >= 4 is 28.9 Å². The van der Waals surface area contributed by atoms with Gasteiger partial charge in [0.2, 0.25) is 5.89 Å². The van der Waals surface area contributed by atoms with Gasteiger partial charge >= 0.3 is 0 Å². The summed E-state index contributed by atoms with van der Waals surface area (Å²) in [7, 11) is 0. The monoisotopic (exact) mass is 455 g/mol. The van der Waals surface area contributed by atoms with Crippen LogP contribution >= 0.6 is 0 Å². The fourth-order valence-corrected chi connectivity index (χ4v) is 4.39. The molecule has 0 bridgehead atoms. The average molecular weight is 455 g/mol. The second-order valence-electron chi connectivity index (χ2n) is 8.42. The number of benzene rings is 3. The van der Waals surface area contributed by atoms with Crippen molar-refractivity contribution in [2.75, 3.05) is 31.5 Å². The van der Waals surface area contributed by atoms with E-state index in [1.807, 2.05) is 41.3 Å². The first-order chi connectivity index (χ1) is 16.6. The molecule has 1 fully saturated rings. The number of nitrogens with zero attached hydrogens (tertiary/aromatic N) is 4. The smallest absolute Gasteiger partial charge is 0.254 e. The van der Waals surface area contributed by atoms with E-state index in [-0.39, 0.29) is 18.0 Å². The molecule has 1 atom stereocenters. The predicted octanol–water partition coefficient (Wildman–Crippen LogP) is 4.22. The minimum absolute atomic E-state index is 0.0354. The Hall–Kier alpha value is -4.04. The van der Waals surface area contributed by atoms with E-state index < -0.39 is 0 Å². The molecule has 1 amide bonds. The van der Waals surface area contributed by atoms with Crippen molar-refractivity contribution in [3.8, 4) is 11.5 Å². The SMILES string of the molecule is O=C(c1ccc2nc(-c3ccccc3)oc2c1)N1CCN(C2N=Cc3ccc(F)cc3N2)CC1. The number of anilines is 1. The van der Waals surface area contributed by atoms with Gasteiger partial charge in [-0.2, -0.15) is 0 Å². The van der Waals surface area contributed by atoms with Gasteiger partial charge in [-0.05, 0) is 48.5 Å². The van der Waals surface area contributed by atoms with Crippen LogP contribution in [0, 0.1) is 5.82 Å². The van der Waals surface area contributed by atoms with E-state index in [1.54, 1.807) is 24.4 Å². The van der Waals surface area contributed by atoms with Gasteiger partial charge in [-0.3, -0.25) is 14.7 Å². The number of halogens is 1. The van der Waals surface area contributed by atoms with Crippen LogP contribution < -0.4 is 5.32 Å². The van der Waals surface area contributed by atoms with Crippen molar-refractivity contribution in [2.45, 2.75) is 6.29 Å². The number of amides is 1. The highest BCUT2D eigenvalue weighted by Gasteiger charge is 2.28. The van der Waals surface area contributed by atoms with Crippen LogP contribution in [0.3, 0.4) is 0 Å². The maximum atomic E-state index is 13.6. The zero-order valence-corrected chi connectivity index (χ0v) is 18.3. The molecule has 3 heterocycles. The molecular weight excluding hydrogens is 433 g/mol. The van der Waals surface area contributed by atoms with Crippen molar-refractivity contribution in [1.29, 1.82) is 0 Å². The lowest BCUT2D eigenvalue weighted by Gasteiger charge is -2.39. The van der Waals surface area contributed by atoms with E-state index in [4.69, 9.17) is 4.42 Å². The number of rotatable bonds is 3. The molecule has 7 nitrogen and oxygen atoms in total. The van der Waals surface area contributed by atoms with Crippen molar-refractivity contribution in [3.63, 3.8) is 0 Å². The number of piperazine rings is 1. The summed E-state index contributed by atoms with van der Waals surface area (Å²) < 4.78 is 19.5. The zero-order valence-electron chi connectivity index (χ0n) is 18.3. The quantitative estimate of drug-likeness (QED) is 0.501. The van der Waals surface area contributed by atoms with E-state index >= 15 is 0 Å². The Kier molecular flexibility index (Phi) is 5.07. The van der Waals surface area contributed by atoms with Gasteiger partial charge in [-0.1, -0.05) is 18.2 Å². The molecule has 1 aromatic heterocycles. The van der Waals surface area contributed by atoms with Crippen LogP contribution in [0.2, 0.25) is 0 Å². The first kappa shape index (κ1) is 20.6. The van der Waals surface area contributed by atoms with E-state index in [1.165, 1.54) is 12.1 Å². The van der Waals surface area contributed by atoms with Gasteiger partial charge in [0, 0.05) is 54.8 Å². The molecule has 3 aromatic carbocycles. The number of hydrogen-bond donors (Lipinski definition) is 1. The molecule has 0 radical (unpaired) electrons. The van der Waals surface area contributed by atoms with E-state index in [2.05, 4.69) is 20.2 Å². The van der Waals surface area contributed by atoms with Gasteiger partial charge in [0.1, 0.15) is 11.3 Å². The van der Waals surface area contributed by atoms with Gasteiger partial charge in [0.25, 0.3) is 5.91 Å². The first-order valence-electron chi connectivity index (χ1n) is 11.2. The molecule has 4 aromatic rings. The largest absolute Gasteiger partial charge is 0.436 e. The Labute approximate surface area is 195 Å². The average Bonchev–Trinajstić information content (AvgIpc) is 3.32. The summed E-state index contributed by atoms with van der Waals surface area (Å²) in [6.07, 6.45) is 1.50. The zero-order chi connectivity index (χ0) is 23.1. The second kappa shape index (κ2) is 8.39. The number of aromatic nitrogens is 1. The number of nitrogens with one attached hydrogen (secondary N) is 1. The van der Waals surface area contributed by atoms with Crippen LogP contribution in [0.5, 0.6) is 0 Å². The summed E-state index contributed by atoms with van der Waals surface area (Å²) in [4.78, 5) is 26.3. The van der Waals surface area contributed by atoms with Crippen LogP contribution in [0.4, 0.5) is 10.1 Å². The lowest BCUT2D eigenvalue weighted by atomic mass is 10.1. The summed E-state index contributed by atoms with van der Waals surface area (Å²) in [6.45, 7) is 2.47. The molecule has 0 spiro atoms. The summed E-state index contributed by atoms with van der Waals surface area (Å²) >= 11 is 0. The third kappa shape index (κ3) is 3.82. The highest BCUT2D eigenvalue weighted by molar-refractivity contribution is 5.97. The van der Waals surface area contributed by atoms with Crippen molar-refractivity contribution in [3.05, 3.63) is 83.7 Å². The molecule has 2 aliphatic heterocycles. The van der Waals surface area contributed by atoms with Gasteiger partial charge in [-0.15, -0.1) is 0 Å². The minimum Gasteiger partial charge on any atom is -0.436 e. The topological polar surface area (TPSA) is 74.0 Å². The number of carbonyl (C=O) groups is 1. The van der Waals surface area contributed by atoms with Crippen LogP contribution in [-0.4, -0.2) is 59.4 Å². The normalized spacial score (nSPS) is 18.0. The summed E-state index contributed by atoms with van der Waals surface area (Å²) in [5.41, 5.74) is 4.38. The molecule has 1 saturated heterocycles. The predicted molar refractivity (Wildman–Crippen MR) is 128 cm³/mol. The lowest BCUT2D eigenvalue weighted by molar-refractivity contribution is 0.0595. The molecule has 2 aliphatic rings. The lowest BCUT2D eigenvalue weighted by Crippen LogP contribution is -2.53. The number of carbonyl (C=O) groups excluding carboxylic acids is 1. The maximum absolute atomic E-state index is 13.6. The molecule has 34 heavy (non-hydrogen) atoms. The first-order valence-corrected chi connectivity index (χ1v) is 11.2.